The largest absolute Gasteiger partial charge is 0.396 e. The highest BCUT2D eigenvalue weighted by Crippen LogP contribution is 2.30. The maximum Gasteiger partial charge on any atom is 0.251 e. The molecule has 5 nitrogen and oxygen atoms in total. The van der Waals surface area contributed by atoms with Crippen LogP contribution in [0, 0.1) is 11.8 Å². The predicted molar refractivity (Wildman–Crippen MR) is 82.2 cm³/mol. The van der Waals surface area contributed by atoms with Crippen molar-refractivity contribution >= 4 is 11.8 Å². The van der Waals surface area contributed by atoms with E-state index in [0.29, 0.717) is 18.7 Å². The van der Waals surface area contributed by atoms with E-state index in [-0.39, 0.29) is 36.3 Å². The van der Waals surface area contributed by atoms with Crippen molar-refractivity contribution in [3.8, 4) is 0 Å². The molecule has 1 saturated heterocycles. The molecule has 1 aliphatic carbocycles. The van der Waals surface area contributed by atoms with E-state index < -0.39 is 0 Å². The van der Waals surface area contributed by atoms with Crippen LogP contribution in [-0.2, 0) is 4.79 Å². The number of aliphatic hydroxyl groups is 1. The molecule has 118 valence electrons. The molecule has 0 unspecified atom stereocenters. The Labute approximate surface area is 130 Å². The summed E-state index contributed by atoms with van der Waals surface area (Å²) < 4.78 is 0. The summed E-state index contributed by atoms with van der Waals surface area (Å²) in [5.41, 5.74) is 0.600. The predicted octanol–water partition coefficient (Wildman–Crippen LogP) is 1.04. The Morgan fingerprint density at radius 2 is 1.91 bits per heavy atom. The molecule has 2 N–H and O–H groups in total. The number of likely N-dealkylation sites (tertiary alicyclic amines) is 1. The highest BCUT2D eigenvalue weighted by Gasteiger charge is 2.39. The molecular weight excluding hydrogens is 280 g/mol. The molecule has 1 aromatic rings. The number of benzene rings is 1. The molecule has 1 aromatic carbocycles. The van der Waals surface area contributed by atoms with E-state index in [2.05, 4.69) is 5.32 Å². The van der Waals surface area contributed by atoms with Crippen molar-refractivity contribution in [1.29, 1.82) is 0 Å². The lowest BCUT2D eigenvalue weighted by atomic mass is 9.84. The van der Waals surface area contributed by atoms with Gasteiger partial charge in [-0.05, 0) is 25.0 Å². The SMILES string of the molecule is O=C(N[C@@H]1CN(C(=O)C2CCC2)C[C@H]1CO)c1ccccc1. The number of hydrogen-bond acceptors (Lipinski definition) is 3. The molecule has 2 aliphatic rings. The van der Waals surface area contributed by atoms with Crippen LogP contribution in [0.15, 0.2) is 30.3 Å². The molecule has 1 aliphatic heterocycles. The lowest BCUT2D eigenvalue weighted by Crippen LogP contribution is -2.42. The van der Waals surface area contributed by atoms with Gasteiger partial charge in [0.15, 0.2) is 0 Å². The van der Waals surface area contributed by atoms with Gasteiger partial charge in [0.25, 0.3) is 5.91 Å². The normalized spacial score (nSPS) is 24.9. The van der Waals surface area contributed by atoms with E-state index in [4.69, 9.17) is 0 Å². The zero-order chi connectivity index (χ0) is 15.5. The topological polar surface area (TPSA) is 69.6 Å². The Morgan fingerprint density at radius 3 is 2.50 bits per heavy atom. The van der Waals surface area contributed by atoms with Crippen molar-refractivity contribution in [3.63, 3.8) is 0 Å². The van der Waals surface area contributed by atoms with Crippen LogP contribution in [0.25, 0.3) is 0 Å². The van der Waals surface area contributed by atoms with E-state index in [0.717, 1.165) is 19.3 Å². The molecule has 2 fully saturated rings. The van der Waals surface area contributed by atoms with E-state index in [1.165, 1.54) is 0 Å². The number of hydrogen-bond donors (Lipinski definition) is 2. The molecule has 0 spiro atoms. The quantitative estimate of drug-likeness (QED) is 0.873. The fourth-order valence-corrected chi connectivity index (χ4v) is 3.15. The fourth-order valence-electron chi connectivity index (χ4n) is 3.15. The van der Waals surface area contributed by atoms with E-state index in [1.54, 1.807) is 17.0 Å². The molecule has 0 radical (unpaired) electrons. The van der Waals surface area contributed by atoms with Crippen LogP contribution >= 0.6 is 0 Å². The summed E-state index contributed by atoms with van der Waals surface area (Å²) in [6.07, 6.45) is 3.07. The lowest BCUT2D eigenvalue weighted by molar-refractivity contribution is -0.137. The van der Waals surface area contributed by atoms with Crippen molar-refractivity contribution in [2.75, 3.05) is 19.7 Å². The zero-order valence-electron chi connectivity index (χ0n) is 12.6. The minimum Gasteiger partial charge on any atom is -0.396 e. The van der Waals surface area contributed by atoms with Crippen LogP contribution in [0.3, 0.4) is 0 Å². The van der Waals surface area contributed by atoms with E-state index in [1.807, 2.05) is 18.2 Å². The molecular formula is C17H22N2O3. The van der Waals surface area contributed by atoms with Gasteiger partial charge in [0.1, 0.15) is 0 Å². The summed E-state index contributed by atoms with van der Waals surface area (Å²) in [7, 11) is 0. The monoisotopic (exact) mass is 302 g/mol. The highest BCUT2D eigenvalue weighted by molar-refractivity contribution is 5.94. The molecule has 2 amide bonds. The minimum atomic E-state index is -0.179. The number of nitrogens with zero attached hydrogens (tertiary/aromatic N) is 1. The Kier molecular flexibility index (Phi) is 4.43. The van der Waals surface area contributed by atoms with Gasteiger partial charge in [0, 0.05) is 37.1 Å². The van der Waals surface area contributed by atoms with E-state index in [9.17, 15) is 14.7 Å². The Balaban J connectivity index is 1.62. The van der Waals surface area contributed by atoms with Crippen molar-refractivity contribution in [2.24, 2.45) is 11.8 Å². The lowest BCUT2D eigenvalue weighted by Gasteiger charge is -2.29. The van der Waals surface area contributed by atoms with Gasteiger partial charge in [-0.2, -0.15) is 0 Å². The maximum absolute atomic E-state index is 12.3. The number of amides is 2. The van der Waals surface area contributed by atoms with Crippen LogP contribution in [0.2, 0.25) is 0 Å². The molecule has 0 aromatic heterocycles. The van der Waals surface area contributed by atoms with Gasteiger partial charge >= 0.3 is 0 Å². The fraction of sp³-hybridized carbons (Fsp3) is 0.529. The molecule has 5 heteroatoms. The second-order valence-corrected chi connectivity index (χ2v) is 6.26. The number of nitrogens with one attached hydrogen (secondary N) is 1. The Bertz CT molecular complexity index is 542. The van der Waals surface area contributed by atoms with E-state index >= 15 is 0 Å². The molecule has 22 heavy (non-hydrogen) atoms. The van der Waals surface area contributed by atoms with Crippen molar-refractivity contribution in [1.82, 2.24) is 10.2 Å². The van der Waals surface area contributed by atoms with Crippen molar-refractivity contribution in [2.45, 2.75) is 25.3 Å². The van der Waals surface area contributed by atoms with Gasteiger partial charge < -0.3 is 15.3 Å². The first-order chi connectivity index (χ1) is 10.7. The summed E-state index contributed by atoms with van der Waals surface area (Å²) in [4.78, 5) is 26.4. The molecule has 3 rings (SSSR count). The summed E-state index contributed by atoms with van der Waals surface area (Å²) in [5, 5.41) is 12.5. The van der Waals surface area contributed by atoms with Crippen LogP contribution < -0.4 is 5.32 Å². The van der Waals surface area contributed by atoms with Gasteiger partial charge in [-0.15, -0.1) is 0 Å². The second-order valence-electron chi connectivity index (χ2n) is 6.26. The van der Waals surface area contributed by atoms with Crippen LogP contribution in [-0.4, -0.2) is 47.6 Å². The average molecular weight is 302 g/mol. The third kappa shape index (κ3) is 2.99. The smallest absolute Gasteiger partial charge is 0.251 e. The molecule has 0 bridgehead atoms. The summed E-state index contributed by atoms with van der Waals surface area (Å²) in [5.74, 6) is 0.0998. The van der Waals surface area contributed by atoms with Crippen molar-refractivity contribution < 1.29 is 14.7 Å². The molecule has 2 atom stereocenters. The van der Waals surface area contributed by atoms with Gasteiger partial charge in [0.2, 0.25) is 5.91 Å². The standard InChI is InChI=1S/C17H22N2O3/c20-11-14-9-19(17(22)13-7-4-8-13)10-15(14)18-16(21)12-5-2-1-3-6-12/h1-3,5-6,13-15,20H,4,7-11H2,(H,18,21)/t14-,15+/m0/s1. The first kappa shape index (κ1) is 15.0. The van der Waals surface area contributed by atoms with Gasteiger partial charge in [-0.1, -0.05) is 24.6 Å². The number of carbonyl (C=O) groups excluding carboxylic acids is 2. The molecule has 1 saturated carbocycles. The highest BCUT2D eigenvalue weighted by atomic mass is 16.3. The summed E-state index contributed by atoms with van der Waals surface area (Å²) >= 11 is 0. The zero-order valence-corrected chi connectivity index (χ0v) is 12.6. The summed E-state index contributed by atoms with van der Waals surface area (Å²) in [6, 6.07) is 8.84. The minimum absolute atomic E-state index is 0.0197. The number of carbonyl (C=O) groups is 2. The first-order valence-corrected chi connectivity index (χ1v) is 7.94. The van der Waals surface area contributed by atoms with Crippen molar-refractivity contribution in [3.05, 3.63) is 35.9 Å². The van der Waals surface area contributed by atoms with Crippen LogP contribution in [0.1, 0.15) is 29.6 Å². The number of rotatable bonds is 4. The van der Waals surface area contributed by atoms with Gasteiger partial charge in [-0.25, -0.2) is 0 Å². The van der Waals surface area contributed by atoms with Crippen LogP contribution in [0.5, 0.6) is 0 Å². The number of aliphatic hydroxyl groups excluding tert-OH is 1. The van der Waals surface area contributed by atoms with Gasteiger partial charge in [-0.3, -0.25) is 9.59 Å². The summed E-state index contributed by atoms with van der Waals surface area (Å²) in [6.45, 7) is 1.01. The second kappa shape index (κ2) is 6.48. The first-order valence-electron chi connectivity index (χ1n) is 7.94. The average Bonchev–Trinajstić information content (AvgIpc) is 2.89. The third-order valence-electron chi connectivity index (χ3n) is 4.79. The third-order valence-corrected chi connectivity index (χ3v) is 4.79. The Morgan fingerprint density at radius 1 is 1.18 bits per heavy atom. The Hall–Kier alpha value is -1.88. The molecule has 1 heterocycles. The maximum atomic E-state index is 12.3. The van der Waals surface area contributed by atoms with Crippen LogP contribution in [0.4, 0.5) is 0 Å². The van der Waals surface area contributed by atoms with Gasteiger partial charge in [0.05, 0.1) is 6.04 Å².